The van der Waals surface area contributed by atoms with E-state index in [1.807, 2.05) is 23.1 Å². The molecule has 2 heterocycles. The lowest BCUT2D eigenvalue weighted by molar-refractivity contribution is 0.0642. The summed E-state index contributed by atoms with van der Waals surface area (Å²) in [6.07, 6.45) is 4.75. The van der Waals surface area contributed by atoms with Crippen LogP contribution in [0.5, 0.6) is 11.5 Å². The average molecular weight is 406 g/mol. The van der Waals surface area contributed by atoms with Crippen LogP contribution >= 0.6 is 12.4 Å². The number of amides is 1. The van der Waals surface area contributed by atoms with Crippen LogP contribution in [0.4, 0.5) is 0 Å². The highest BCUT2D eigenvalue weighted by Crippen LogP contribution is 2.29. The van der Waals surface area contributed by atoms with E-state index in [2.05, 4.69) is 10.3 Å². The molecule has 0 radical (unpaired) electrons. The van der Waals surface area contributed by atoms with Gasteiger partial charge in [-0.15, -0.1) is 12.4 Å². The second-order valence-corrected chi connectivity index (χ2v) is 6.66. The van der Waals surface area contributed by atoms with E-state index in [9.17, 15) is 4.79 Å². The van der Waals surface area contributed by atoms with Gasteiger partial charge in [0.2, 0.25) is 0 Å². The quantitative estimate of drug-likeness (QED) is 0.798. The van der Waals surface area contributed by atoms with E-state index in [-0.39, 0.29) is 24.4 Å². The third kappa shape index (κ3) is 5.36. The largest absolute Gasteiger partial charge is 0.493 e. The molecule has 0 aliphatic carbocycles. The molecule has 0 spiro atoms. The minimum Gasteiger partial charge on any atom is -0.493 e. The van der Waals surface area contributed by atoms with Gasteiger partial charge in [0.15, 0.2) is 11.5 Å². The highest BCUT2D eigenvalue weighted by molar-refractivity contribution is 5.95. The van der Waals surface area contributed by atoms with E-state index in [4.69, 9.17) is 9.47 Å². The fraction of sp³-hybridized carbons (Fsp3) is 0.429. The molecule has 0 bridgehead atoms. The number of aromatic nitrogens is 1. The van der Waals surface area contributed by atoms with Gasteiger partial charge in [-0.3, -0.25) is 9.78 Å². The number of hydrogen-bond donors (Lipinski definition) is 1. The molecule has 1 aromatic carbocycles. The van der Waals surface area contributed by atoms with Crippen molar-refractivity contribution in [3.63, 3.8) is 0 Å². The Bertz CT molecular complexity index is 750. The maximum Gasteiger partial charge on any atom is 0.254 e. The number of rotatable bonds is 6. The fourth-order valence-corrected chi connectivity index (χ4v) is 3.48. The van der Waals surface area contributed by atoms with Crippen LogP contribution in [-0.4, -0.2) is 49.1 Å². The molecule has 1 fully saturated rings. The average Bonchev–Trinajstić information content (AvgIpc) is 3.01. The molecule has 7 heteroatoms. The summed E-state index contributed by atoms with van der Waals surface area (Å²) in [5.74, 6) is 1.17. The molecule has 28 heavy (non-hydrogen) atoms. The number of nitrogens with one attached hydrogen (secondary N) is 1. The summed E-state index contributed by atoms with van der Waals surface area (Å²) in [6.45, 7) is 2.42. The molecular formula is C21H28ClN3O3. The van der Waals surface area contributed by atoms with Crippen molar-refractivity contribution in [1.82, 2.24) is 15.2 Å². The summed E-state index contributed by atoms with van der Waals surface area (Å²) in [5, 5.41) is 3.42. The Morgan fingerprint density at radius 3 is 2.68 bits per heavy atom. The Kier molecular flexibility index (Phi) is 8.54. The summed E-state index contributed by atoms with van der Waals surface area (Å²) < 4.78 is 10.7. The number of halogens is 1. The first-order valence-corrected chi connectivity index (χ1v) is 9.36. The van der Waals surface area contributed by atoms with Gasteiger partial charge < -0.3 is 19.7 Å². The van der Waals surface area contributed by atoms with Crippen molar-refractivity contribution in [3.8, 4) is 11.5 Å². The van der Waals surface area contributed by atoms with Gasteiger partial charge in [-0.25, -0.2) is 0 Å². The van der Waals surface area contributed by atoms with E-state index < -0.39 is 0 Å². The van der Waals surface area contributed by atoms with Gasteiger partial charge in [-0.2, -0.15) is 0 Å². The molecule has 1 N–H and O–H groups in total. The van der Waals surface area contributed by atoms with Crippen LogP contribution in [-0.2, 0) is 6.54 Å². The smallest absolute Gasteiger partial charge is 0.254 e. The minimum atomic E-state index is -0.00601. The molecule has 1 aliphatic rings. The van der Waals surface area contributed by atoms with Crippen molar-refractivity contribution in [3.05, 3.63) is 53.9 Å². The van der Waals surface area contributed by atoms with Gasteiger partial charge >= 0.3 is 0 Å². The zero-order chi connectivity index (χ0) is 19.1. The van der Waals surface area contributed by atoms with Gasteiger partial charge in [0.25, 0.3) is 5.91 Å². The number of carbonyl (C=O) groups is 1. The number of benzene rings is 1. The summed E-state index contributed by atoms with van der Waals surface area (Å²) in [4.78, 5) is 19.8. The second-order valence-electron chi connectivity index (χ2n) is 6.66. The Morgan fingerprint density at radius 1 is 1.14 bits per heavy atom. The van der Waals surface area contributed by atoms with E-state index in [0.29, 0.717) is 23.6 Å². The van der Waals surface area contributed by atoms with Crippen molar-refractivity contribution >= 4 is 18.3 Å². The van der Waals surface area contributed by atoms with Crippen LogP contribution in [0, 0.1) is 0 Å². The first-order chi connectivity index (χ1) is 13.2. The number of nitrogens with zero attached hydrogens (tertiary/aromatic N) is 2. The molecule has 0 saturated carbocycles. The normalized spacial score (nSPS) is 16.4. The topological polar surface area (TPSA) is 63.7 Å². The van der Waals surface area contributed by atoms with E-state index in [1.54, 1.807) is 38.6 Å². The number of pyridine rings is 1. The highest BCUT2D eigenvalue weighted by atomic mass is 35.5. The Hall–Kier alpha value is -2.31. The zero-order valence-corrected chi connectivity index (χ0v) is 17.2. The van der Waals surface area contributed by atoms with Crippen LogP contribution < -0.4 is 14.8 Å². The van der Waals surface area contributed by atoms with Crippen LogP contribution in [0.25, 0.3) is 0 Å². The maximum absolute atomic E-state index is 13.4. The number of ether oxygens (including phenoxy) is 2. The van der Waals surface area contributed by atoms with Gasteiger partial charge in [0.05, 0.1) is 26.5 Å². The Morgan fingerprint density at radius 2 is 1.96 bits per heavy atom. The van der Waals surface area contributed by atoms with Gasteiger partial charge in [0, 0.05) is 17.8 Å². The maximum atomic E-state index is 13.4. The van der Waals surface area contributed by atoms with Crippen LogP contribution in [0.3, 0.4) is 0 Å². The minimum absolute atomic E-state index is 0. The van der Waals surface area contributed by atoms with Crippen molar-refractivity contribution in [2.24, 2.45) is 0 Å². The molecule has 6 nitrogen and oxygen atoms in total. The van der Waals surface area contributed by atoms with Gasteiger partial charge in [-0.1, -0.05) is 6.07 Å². The Balaban J connectivity index is 0.00000280. The molecule has 2 aromatic rings. The molecule has 1 aromatic heterocycles. The van der Waals surface area contributed by atoms with Crippen LogP contribution in [0.1, 0.15) is 35.3 Å². The lowest BCUT2D eigenvalue weighted by Gasteiger charge is -2.31. The van der Waals surface area contributed by atoms with Gasteiger partial charge in [0.1, 0.15) is 0 Å². The lowest BCUT2D eigenvalue weighted by Crippen LogP contribution is -2.40. The molecule has 1 unspecified atom stereocenters. The third-order valence-electron chi connectivity index (χ3n) is 4.94. The Labute approximate surface area is 172 Å². The van der Waals surface area contributed by atoms with Crippen molar-refractivity contribution in [2.45, 2.75) is 31.8 Å². The van der Waals surface area contributed by atoms with E-state index in [0.717, 1.165) is 38.0 Å². The van der Waals surface area contributed by atoms with E-state index >= 15 is 0 Å². The summed E-state index contributed by atoms with van der Waals surface area (Å²) >= 11 is 0. The first kappa shape index (κ1) is 22.0. The molecule has 3 rings (SSSR count). The lowest BCUT2D eigenvalue weighted by atomic mass is 10.0. The van der Waals surface area contributed by atoms with Crippen molar-refractivity contribution < 1.29 is 14.3 Å². The molecule has 152 valence electrons. The molecule has 1 amide bonds. The first-order valence-electron chi connectivity index (χ1n) is 9.36. The zero-order valence-electron chi connectivity index (χ0n) is 16.4. The standard InChI is InChI=1S/C21H27N3O3.ClH/c1-26-19-9-8-16(14-20(19)27-2)21(25)24(15-17-6-3-4-12-23-17)18-7-5-11-22-13-10-18;/h3-4,6,8-9,12,14,18,22H,5,7,10-11,13,15H2,1-2H3;1H. The summed E-state index contributed by atoms with van der Waals surface area (Å²) in [6, 6.07) is 11.3. The predicted octanol–water partition coefficient (Wildman–Crippen LogP) is 3.31. The number of methoxy groups -OCH3 is 2. The van der Waals surface area contributed by atoms with Gasteiger partial charge in [-0.05, 0) is 62.7 Å². The molecule has 1 atom stereocenters. The fourth-order valence-electron chi connectivity index (χ4n) is 3.48. The van der Waals surface area contributed by atoms with Crippen LogP contribution in [0.15, 0.2) is 42.6 Å². The second kappa shape index (κ2) is 10.9. The van der Waals surface area contributed by atoms with Crippen LogP contribution in [0.2, 0.25) is 0 Å². The summed E-state index contributed by atoms with van der Waals surface area (Å²) in [5.41, 5.74) is 1.49. The summed E-state index contributed by atoms with van der Waals surface area (Å²) in [7, 11) is 3.17. The molecule has 1 saturated heterocycles. The monoisotopic (exact) mass is 405 g/mol. The van der Waals surface area contributed by atoms with Crippen molar-refractivity contribution in [2.75, 3.05) is 27.3 Å². The number of hydrogen-bond acceptors (Lipinski definition) is 5. The number of carbonyl (C=O) groups excluding carboxylic acids is 1. The molecular weight excluding hydrogens is 378 g/mol. The predicted molar refractivity (Wildman–Crippen MR) is 111 cm³/mol. The SMILES string of the molecule is COc1ccc(C(=O)N(Cc2ccccn2)C2CCCNCC2)cc1OC.Cl. The highest BCUT2D eigenvalue weighted by Gasteiger charge is 2.26. The third-order valence-corrected chi connectivity index (χ3v) is 4.94. The van der Waals surface area contributed by atoms with E-state index in [1.165, 1.54) is 0 Å². The van der Waals surface area contributed by atoms with Crippen molar-refractivity contribution in [1.29, 1.82) is 0 Å². The molecule has 1 aliphatic heterocycles.